The second-order valence-electron chi connectivity index (χ2n) is 5.61. The van der Waals surface area contributed by atoms with Gasteiger partial charge in [-0.2, -0.15) is 0 Å². The van der Waals surface area contributed by atoms with Crippen LogP contribution >= 0.6 is 8.60 Å². The molecule has 2 aromatic rings. The number of hydrogen-bond donors (Lipinski definition) is 0. The van der Waals surface area contributed by atoms with E-state index in [9.17, 15) is 0 Å². The van der Waals surface area contributed by atoms with Crippen molar-refractivity contribution in [2.24, 2.45) is 0 Å². The largest absolute Gasteiger partial charge is 0.542 e. The van der Waals surface area contributed by atoms with Crippen LogP contribution in [0.2, 0.25) is 19.6 Å². The van der Waals surface area contributed by atoms with Crippen LogP contribution in [0.25, 0.3) is 0 Å². The maximum Gasteiger partial charge on any atom is 0.530 e. The van der Waals surface area contributed by atoms with Gasteiger partial charge in [-0.15, -0.1) is 0 Å². The zero-order valence-electron chi connectivity index (χ0n) is 12.2. The van der Waals surface area contributed by atoms with Gasteiger partial charge in [0, 0.05) is 0 Å². The van der Waals surface area contributed by atoms with Gasteiger partial charge < -0.3 is 18.0 Å². The zero-order valence-corrected chi connectivity index (χ0v) is 14.1. The Labute approximate surface area is 126 Å². The predicted molar refractivity (Wildman–Crippen MR) is 85.7 cm³/mol. The van der Waals surface area contributed by atoms with Crippen molar-refractivity contribution >= 4 is 16.9 Å². The van der Waals surface area contributed by atoms with Crippen molar-refractivity contribution in [1.82, 2.24) is 0 Å². The van der Waals surface area contributed by atoms with E-state index < -0.39 is 16.9 Å². The molecule has 0 atom stereocenters. The molecule has 0 aromatic heterocycles. The fourth-order valence-corrected chi connectivity index (χ4v) is 3.71. The molecule has 0 radical (unpaired) electrons. The molecule has 0 saturated heterocycles. The van der Waals surface area contributed by atoms with Crippen molar-refractivity contribution in [2.45, 2.75) is 19.6 Å². The van der Waals surface area contributed by atoms with Gasteiger partial charge in [-0.3, -0.25) is 0 Å². The highest BCUT2D eigenvalue weighted by Gasteiger charge is 2.30. The first kappa shape index (κ1) is 14.2. The van der Waals surface area contributed by atoms with Crippen LogP contribution in [0.5, 0.6) is 23.0 Å². The summed E-state index contributed by atoms with van der Waals surface area (Å²) < 4.78 is 23.2. The molecule has 21 heavy (non-hydrogen) atoms. The van der Waals surface area contributed by atoms with Crippen LogP contribution < -0.4 is 18.0 Å². The van der Waals surface area contributed by atoms with E-state index in [-0.39, 0.29) is 0 Å². The van der Waals surface area contributed by atoms with Crippen LogP contribution in [0.15, 0.2) is 48.5 Å². The van der Waals surface area contributed by atoms with Crippen LogP contribution in [0.1, 0.15) is 0 Å². The molecule has 1 heterocycles. The molecule has 0 bridgehead atoms. The van der Waals surface area contributed by atoms with Gasteiger partial charge >= 0.3 is 8.60 Å². The first-order valence-electron chi connectivity index (χ1n) is 6.72. The zero-order chi connectivity index (χ0) is 14.9. The first-order chi connectivity index (χ1) is 10.0. The molecule has 0 spiro atoms. The molecule has 0 saturated carbocycles. The van der Waals surface area contributed by atoms with E-state index in [2.05, 4.69) is 19.6 Å². The lowest BCUT2D eigenvalue weighted by molar-refractivity contribution is 0.420. The van der Waals surface area contributed by atoms with Gasteiger partial charge in [0.25, 0.3) is 0 Å². The molecule has 3 rings (SSSR count). The van der Waals surface area contributed by atoms with E-state index >= 15 is 0 Å². The second kappa shape index (κ2) is 5.58. The second-order valence-corrected chi connectivity index (χ2v) is 11.0. The smallest absolute Gasteiger partial charge is 0.530 e. The lowest BCUT2D eigenvalue weighted by atomic mass is 10.3. The molecule has 6 heteroatoms. The molecule has 1 aliphatic heterocycles. The minimum Gasteiger partial charge on any atom is -0.542 e. The summed E-state index contributed by atoms with van der Waals surface area (Å²) in [5, 5.41) is 0. The minimum atomic E-state index is -1.70. The number of benzene rings is 2. The minimum absolute atomic E-state index is 0.652. The maximum absolute atomic E-state index is 6.03. The van der Waals surface area contributed by atoms with Gasteiger partial charge in [0.2, 0.25) is 8.32 Å². The Morgan fingerprint density at radius 3 is 1.90 bits per heavy atom. The van der Waals surface area contributed by atoms with E-state index in [0.717, 1.165) is 5.75 Å². The van der Waals surface area contributed by atoms with Crippen molar-refractivity contribution in [1.29, 1.82) is 0 Å². The number of hydrogen-bond acceptors (Lipinski definition) is 4. The highest BCUT2D eigenvalue weighted by atomic mass is 31.2. The van der Waals surface area contributed by atoms with Gasteiger partial charge in [0.15, 0.2) is 17.2 Å². The number of fused-ring (bicyclic) bond motifs is 1. The fourth-order valence-electron chi connectivity index (χ4n) is 1.84. The van der Waals surface area contributed by atoms with Crippen LogP contribution in [0.3, 0.4) is 0 Å². The Balaban J connectivity index is 1.75. The fraction of sp³-hybridized carbons (Fsp3) is 0.200. The van der Waals surface area contributed by atoms with Crippen LogP contribution in [0.4, 0.5) is 0 Å². The molecule has 0 unspecified atom stereocenters. The SMILES string of the molecule is C[Si](C)(C)Oc1ccccc1OP1Oc2ccccc2O1. The average molecular weight is 320 g/mol. The molecular formula is C15H17O4PSi. The highest BCUT2D eigenvalue weighted by molar-refractivity contribution is 7.43. The topological polar surface area (TPSA) is 36.9 Å². The molecule has 0 aliphatic carbocycles. The molecule has 0 fully saturated rings. The Morgan fingerprint density at radius 1 is 0.810 bits per heavy atom. The monoisotopic (exact) mass is 320 g/mol. The van der Waals surface area contributed by atoms with Gasteiger partial charge in [-0.25, -0.2) is 0 Å². The Morgan fingerprint density at radius 2 is 1.33 bits per heavy atom. The standard InChI is InChI=1S/C15H17O4PSi/c1-21(2,3)19-15-11-7-6-10-14(15)18-20-16-12-8-4-5-9-13(12)17-20/h4-11H,1-3H3. The Kier molecular flexibility index (Phi) is 3.78. The van der Waals surface area contributed by atoms with Gasteiger partial charge in [-0.05, 0) is 43.9 Å². The third-order valence-electron chi connectivity index (χ3n) is 2.63. The van der Waals surface area contributed by atoms with E-state index in [0.29, 0.717) is 17.2 Å². The summed E-state index contributed by atoms with van der Waals surface area (Å²) in [4.78, 5) is 0. The molecular weight excluding hydrogens is 303 g/mol. The van der Waals surface area contributed by atoms with Crippen molar-refractivity contribution in [3.8, 4) is 23.0 Å². The summed E-state index contributed by atoms with van der Waals surface area (Å²) in [6.45, 7) is 6.40. The summed E-state index contributed by atoms with van der Waals surface area (Å²) in [5.41, 5.74) is 0. The van der Waals surface area contributed by atoms with Gasteiger partial charge in [0.1, 0.15) is 5.75 Å². The Hall–Kier alpha value is -1.71. The summed E-state index contributed by atoms with van der Waals surface area (Å²) in [6, 6.07) is 15.2. The van der Waals surface area contributed by atoms with Crippen molar-refractivity contribution < 1.29 is 18.0 Å². The average Bonchev–Trinajstić information content (AvgIpc) is 2.81. The van der Waals surface area contributed by atoms with Gasteiger partial charge in [0.05, 0.1) is 0 Å². The van der Waals surface area contributed by atoms with E-state index in [1.807, 2.05) is 48.5 Å². The summed E-state index contributed by atoms with van der Waals surface area (Å²) >= 11 is 0. The molecule has 110 valence electrons. The summed E-state index contributed by atoms with van der Waals surface area (Å²) in [7, 11) is -3.17. The third-order valence-corrected chi connectivity index (χ3v) is 4.50. The maximum atomic E-state index is 6.03. The van der Waals surface area contributed by atoms with E-state index in [1.165, 1.54) is 0 Å². The quantitative estimate of drug-likeness (QED) is 0.588. The van der Waals surface area contributed by atoms with Crippen molar-refractivity contribution in [3.63, 3.8) is 0 Å². The van der Waals surface area contributed by atoms with E-state index in [1.54, 1.807) is 0 Å². The summed E-state index contributed by atoms with van der Waals surface area (Å²) in [6.07, 6.45) is 0. The molecule has 0 N–H and O–H groups in total. The third kappa shape index (κ3) is 3.49. The van der Waals surface area contributed by atoms with Gasteiger partial charge in [-0.1, -0.05) is 24.3 Å². The normalized spacial score (nSPS) is 14.0. The van der Waals surface area contributed by atoms with Crippen LogP contribution in [-0.2, 0) is 0 Å². The van der Waals surface area contributed by atoms with E-state index in [4.69, 9.17) is 18.0 Å². The molecule has 2 aromatic carbocycles. The molecule has 0 amide bonds. The van der Waals surface area contributed by atoms with Crippen molar-refractivity contribution in [2.75, 3.05) is 0 Å². The predicted octanol–water partition coefficient (Wildman–Crippen LogP) is 4.98. The Bertz CT molecular complexity index is 617. The lowest BCUT2D eigenvalue weighted by Crippen LogP contribution is -2.29. The highest BCUT2D eigenvalue weighted by Crippen LogP contribution is 2.53. The van der Waals surface area contributed by atoms with Crippen molar-refractivity contribution in [3.05, 3.63) is 48.5 Å². The summed E-state index contributed by atoms with van der Waals surface area (Å²) in [5.74, 6) is 2.82. The van der Waals surface area contributed by atoms with Crippen LogP contribution in [-0.4, -0.2) is 8.32 Å². The number of rotatable bonds is 4. The number of para-hydroxylation sites is 4. The van der Waals surface area contributed by atoms with Crippen LogP contribution in [0, 0.1) is 0 Å². The molecule has 1 aliphatic rings. The molecule has 4 nitrogen and oxygen atoms in total. The lowest BCUT2D eigenvalue weighted by Gasteiger charge is -2.21. The first-order valence-corrected chi connectivity index (χ1v) is 11.2.